The second-order valence-electron chi connectivity index (χ2n) is 5.48. The van der Waals surface area contributed by atoms with Gasteiger partial charge in [0.1, 0.15) is 11.4 Å². The molecule has 0 radical (unpaired) electrons. The Labute approximate surface area is 158 Å². The summed E-state index contributed by atoms with van der Waals surface area (Å²) < 4.78 is 5.32. The molecule has 11 nitrogen and oxygen atoms in total. The third-order valence-corrected chi connectivity index (χ3v) is 3.47. The molecule has 0 bridgehead atoms. The molecule has 0 saturated heterocycles. The van der Waals surface area contributed by atoms with Crippen molar-refractivity contribution in [3.05, 3.63) is 62.7 Å². The van der Waals surface area contributed by atoms with E-state index < -0.39 is 33.7 Å². The van der Waals surface area contributed by atoms with E-state index >= 15 is 0 Å². The molecule has 146 valence electrons. The van der Waals surface area contributed by atoms with Crippen LogP contribution in [-0.4, -0.2) is 28.3 Å². The summed E-state index contributed by atoms with van der Waals surface area (Å²) in [6, 6.07) is 9.26. The van der Waals surface area contributed by atoms with Gasteiger partial charge in [-0.15, -0.1) is 0 Å². The zero-order chi connectivity index (χ0) is 20.7. The Morgan fingerprint density at radius 1 is 1.00 bits per heavy atom. The summed E-state index contributed by atoms with van der Waals surface area (Å²) in [5, 5.41) is 26.7. The zero-order valence-corrected chi connectivity index (χ0v) is 14.7. The third kappa shape index (κ3) is 5.49. The van der Waals surface area contributed by atoms with Crippen molar-refractivity contribution >= 4 is 34.6 Å². The van der Waals surface area contributed by atoms with Gasteiger partial charge in [-0.25, -0.2) is 0 Å². The first-order valence-electron chi connectivity index (χ1n) is 8.05. The Bertz CT molecular complexity index is 929. The van der Waals surface area contributed by atoms with Crippen LogP contribution in [0.25, 0.3) is 0 Å². The molecule has 0 saturated carbocycles. The van der Waals surface area contributed by atoms with Crippen LogP contribution in [0, 0.1) is 20.2 Å². The van der Waals surface area contributed by atoms with E-state index in [0.717, 1.165) is 18.2 Å². The maximum atomic E-state index is 12.0. The molecule has 0 fully saturated rings. The van der Waals surface area contributed by atoms with Crippen molar-refractivity contribution in [2.45, 2.75) is 13.3 Å². The number of hydrogen-bond donors (Lipinski definition) is 2. The van der Waals surface area contributed by atoms with Crippen molar-refractivity contribution in [1.29, 1.82) is 0 Å². The molecule has 2 aromatic carbocycles. The average molecular weight is 388 g/mol. The van der Waals surface area contributed by atoms with Crippen molar-refractivity contribution in [3.63, 3.8) is 0 Å². The second-order valence-corrected chi connectivity index (χ2v) is 5.48. The topological polar surface area (TPSA) is 154 Å². The first-order chi connectivity index (χ1) is 13.3. The van der Waals surface area contributed by atoms with Gasteiger partial charge in [-0.2, -0.15) is 0 Å². The number of non-ortho nitro benzene ring substituents is 1. The Morgan fingerprint density at radius 3 is 2.39 bits per heavy atom. The van der Waals surface area contributed by atoms with Crippen molar-refractivity contribution in [2.75, 3.05) is 17.2 Å². The second kappa shape index (κ2) is 9.07. The standard InChI is InChI=1S/C17H16N4O7/c1-2-16(22)18-11-4-3-5-13(8-11)28-10-17(23)19-14-7-6-12(20(24)25)9-15(14)21(26)27/h3-9H,2,10H2,1H3,(H,18,22)(H,19,23). The summed E-state index contributed by atoms with van der Waals surface area (Å²) in [5.74, 6) is -0.567. The lowest BCUT2D eigenvalue weighted by Gasteiger charge is -2.09. The SMILES string of the molecule is CCC(=O)Nc1cccc(OCC(=O)Nc2ccc([N+](=O)[O-])cc2[N+](=O)[O-])c1. The van der Waals surface area contributed by atoms with Crippen LogP contribution in [0.3, 0.4) is 0 Å². The number of nitrogens with zero attached hydrogens (tertiary/aromatic N) is 2. The minimum atomic E-state index is -0.830. The normalized spacial score (nSPS) is 10.0. The number of carbonyl (C=O) groups excluding carboxylic acids is 2. The van der Waals surface area contributed by atoms with Crippen molar-refractivity contribution in [3.8, 4) is 5.75 Å². The van der Waals surface area contributed by atoms with Crippen LogP contribution in [0.2, 0.25) is 0 Å². The molecule has 0 aliphatic heterocycles. The number of rotatable bonds is 8. The highest BCUT2D eigenvalue weighted by molar-refractivity contribution is 5.94. The summed E-state index contributed by atoms with van der Waals surface area (Å²) >= 11 is 0. The Balaban J connectivity index is 2.03. The number of benzene rings is 2. The largest absolute Gasteiger partial charge is 0.484 e. The first kappa shape index (κ1) is 20.3. The highest BCUT2D eigenvalue weighted by atomic mass is 16.6. The Hall–Kier alpha value is -4.02. The minimum absolute atomic E-state index is 0.180. The van der Waals surface area contributed by atoms with E-state index in [9.17, 15) is 29.8 Å². The van der Waals surface area contributed by atoms with E-state index in [1.165, 1.54) is 6.07 Å². The quantitative estimate of drug-likeness (QED) is 0.520. The summed E-state index contributed by atoms with van der Waals surface area (Å²) in [4.78, 5) is 43.6. The molecule has 0 heterocycles. The summed E-state index contributed by atoms with van der Waals surface area (Å²) in [5.41, 5.74) is -0.761. The van der Waals surface area contributed by atoms with Gasteiger partial charge < -0.3 is 15.4 Å². The predicted octanol–water partition coefficient (Wildman–Crippen LogP) is 2.87. The molecule has 0 spiro atoms. The third-order valence-electron chi connectivity index (χ3n) is 3.47. The van der Waals surface area contributed by atoms with Crippen molar-refractivity contribution < 1.29 is 24.2 Å². The van der Waals surface area contributed by atoms with E-state index in [4.69, 9.17) is 4.74 Å². The van der Waals surface area contributed by atoms with Crippen LogP contribution in [0.15, 0.2) is 42.5 Å². The van der Waals surface area contributed by atoms with E-state index in [0.29, 0.717) is 17.9 Å². The van der Waals surface area contributed by atoms with Gasteiger partial charge in [-0.1, -0.05) is 13.0 Å². The molecule has 2 amide bonds. The lowest BCUT2D eigenvalue weighted by atomic mass is 10.2. The summed E-state index contributed by atoms with van der Waals surface area (Å²) in [6.07, 6.45) is 0.307. The fraction of sp³-hybridized carbons (Fsp3) is 0.176. The van der Waals surface area contributed by atoms with Gasteiger partial charge in [-0.3, -0.25) is 29.8 Å². The molecule has 0 atom stereocenters. The number of nitro benzene ring substituents is 2. The number of amides is 2. The molecule has 0 aliphatic rings. The fourth-order valence-corrected chi connectivity index (χ4v) is 2.14. The van der Waals surface area contributed by atoms with E-state index in [2.05, 4.69) is 10.6 Å². The number of carbonyl (C=O) groups is 2. The lowest BCUT2D eigenvalue weighted by Crippen LogP contribution is -2.20. The molecule has 2 rings (SSSR count). The number of nitrogens with one attached hydrogen (secondary N) is 2. The molecular formula is C17H16N4O7. The van der Waals surface area contributed by atoms with E-state index in [-0.39, 0.29) is 11.6 Å². The zero-order valence-electron chi connectivity index (χ0n) is 14.7. The molecule has 11 heteroatoms. The molecule has 0 aromatic heterocycles. The van der Waals surface area contributed by atoms with Gasteiger partial charge >= 0.3 is 0 Å². The van der Waals surface area contributed by atoms with Crippen molar-refractivity contribution in [1.82, 2.24) is 0 Å². The maximum absolute atomic E-state index is 12.0. The molecule has 0 aliphatic carbocycles. The van der Waals surface area contributed by atoms with Crippen LogP contribution in [0.5, 0.6) is 5.75 Å². The smallest absolute Gasteiger partial charge is 0.299 e. The molecule has 28 heavy (non-hydrogen) atoms. The number of nitro groups is 2. The summed E-state index contributed by atoms with van der Waals surface area (Å²) in [7, 11) is 0. The van der Waals surface area contributed by atoms with E-state index in [1.807, 2.05) is 0 Å². The number of anilines is 2. The monoisotopic (exact) mass is 388 g/mol. The van der Waals surface area contributed by atoms with Gasteiger partial charge in [-0.05, 0) is 18.2 Å². The average Bonchev–Trinajstić information content (AvgIpc) is 2.66. The summed E-state index contributed by atoms with van der Waals surface area (Å²) in [6.45, 7) is 1.25. The highest BCUT2D eigenvalue weighted by Crippen LogP contribution is 2.29. The first-order valence-corrected chi connectivity index (χ1v) is 8.05. The maximum Gasteiger partial charge on any atom is 0.299 e. The van der Waals surface area contributed by atoms with E-state index in [1.54, 1.807) is 25.1 Å². The fourth-order valence-electron chi connectivity index (χ4n) is 2.14. The van der Waals surface area contributed by atoms with Gasteiger partial charge in [0.15, 0.2) is 6.61 Å². The van der Waals surface area contributed by atoms with Gasteiger partial charge in [0.25, 0.3) is 17.3 Å². The van der Waals surface area contributed by atoms with Crippen LogP contribution < -0.4 is 15.4 Å². The van der Waals surface area contributed by atoms with Crippen LogP contribution in [0.1, 0.15) is 13.3 Å². The van der Waals surface area contributed by atoms with Gasteiger partial charge in [0.2, 0.25) is 5.91 Å². The molecule has 2 N–H and O–H groups in total. The van der Waals surface area contributed by atoms with Crippen LogP contribution in [-0.2, 0) is 9.59 Å². The highest BCUT2D eigenvalue weighted by Gasteiger charge is 2.21. The minimum Gasteiger partial charge on any atom is -0.484 e. The predicted molar refractivity (Wildman–Crippen MR) is 99.2 cm³/mol. The van der Waals surface area contributed by atoms with Crippen molar-refractivity contribution in [2.24, 2.45) is 0 Å². The molecule has 0 unspecified atom stereocenters. The number of ether oxygens (including phenoxy) is 1. The molecule has 2 aromatic rings. The van der Waals surface area contributed by atoms with Gasteiger partial charge in [0.05, 0.1) is 15.9 Å². The van der Waals surface area contributed by atoms with Crippen LogP contribution >= 0.6 is 0 Å². The Kier molecular flexibility index (Phi) is 6.58. The number of hydrogen-bond acceptors (Lipinski definition) is 7. The Morgan fingerprint density at radius 2 is 1.75 bits per heavy atom. The lowest BCUT2D eigenvalue weighted by molar-refractivity contribution is -0.393. The van der Waals surface area contributed by atoms with Crippen LogP contribution in [0.4, 0.5) is 22.7 Å². The molecular weight excluding hydrogens is 372 g/mol. The van der Waals surface area contributed by atoms with Gasteiger partial charge in [0, 0.05) is 24.2 Å².